The molecule has 4 nitrogen and oxygen atoms in total. The first-order valence-electron chi connectivity index (χ1n) is 4.76. The van der Waals surface area contributed by atoms with Gasteiger partial charge in [-0.2, -0.15) is 23.3 Å². The summed E-state index contributed by atoms with van der Waals surface area (Å²) in [5, 5.41) is 4.06. The van der Waals surface area contributed by atoms with Gasteiger partial charge in [-0.25, -0.2) is 4.98 Å². The zero-order valence-electron chi connectivity index (χ0n) is 8.88. The first kappa shape index (κ1) is 9.71. The summed E-state index contributed by atoms with van der Waals surface area (Å²) in [7, 11) is 4.01. The van der Waals surface area contributed by atoms with E-state index in [4.69, 9.17) is 0 Å². The van der Waals surface area contributed by atoms with Crippen LogP contribution in [0.2, 0.25) is 0 Å². The second-order valence-electron chi connectivity index (χ2n) is 3.55. The molecule has 1 aromatic heterocycles. The minimum Gasteiger partial charge on any atom is -0.400 e. The smallest absolute Gasteiger partial charge is 0.137 e. The lowest BCUT2D eigenvalue weighted by molar-refractivity contribution is 0.684. The molecule has 0 unspecified atom stereocenters. The van der Waals surface area contributed by atoms with Crippen molar-refractivity contribution in [2.75, 3.05) is 19.0 Å². The Morgan fingerprint density at radius 2 is 2.27 bits per heavy atom. The van der Waals surface area contributed by atoms with E-state index >= 15 is 0 Å². The van der Waals surface area contributed by atoms with E-state index in [9.17, 15) is 0 Å². The van der Waals surface area contributed by atoms with Crippen molar-refractivity contribution >= 4 is 5.69 Å². The molecule has 15 heavy (non-hydrogen) atoms. The van der Waals surface area contributed by atoms with E-state index in [2.05, 4.69) is 16.1 Å². The van der Waals surface area contributed by atoms with Crippen molar-refractivity contribution in [1.82, 2.24) is 14.8 Å². The number of nitrogens with zero attached hydrogens (tertiary/aromatic N) is 4. The third-order valence-corrected chi connectivity index (χ3v) is 2.12. The van der Waals surface area contributed by atoms with Gasteiger partial charge in [-0.1, -0.05) is 5.69 Å². The highest BCUT2D eigenvalue weighted by Gasteiger charge is 1.92. The molecule has 0 aliphatic carbocycles. The Kier molecular flexibility index (Phi) is 2.67. The Labute approximate surface area is 89.2 Å². The topological polar surface area (TPSA) is 34.0 Å². The van der Waals surface area contributed by atoms with Crippen LogP contribution < -0.4 is 4.90 Å². The molecule has 0 saturated heterocycles. The fourth-order valence-corrected chi connectivity index (χ4v) is 1.35. The van der Waals surface area contributed by atoms with Crippen LogP contribution >= 0.6 is 0 Å². The lowest BCUT2D eigenvalue weighted by atomic mass is 10.2. The summed E-state index contributed by atoms with van der Waals surface area (Å²) in [4.78, 5) is 5.94. The van der Waals surface area contributed by atoms with Crippen molar-refractivity contribution in [2.45, 2.75) is 6.54 Å². The molecule has 2 aromatic rings. The largest absolute Gasteiger partial charge is 0.400 e. The molecular weight excluding hydrogens is 188 g/mol. The summed E-state index contributed by atoms with van der Waals surface area (Å²) < 4.78 is 1.78. The summed E-state index contributed by atoms with van der Waals surface area (Å²) in [6.07, 6.45) is 3.24. The Morgan fingerprint density at radius 1 is 1.40 bits per heavy atom. The van der Waals surface area contributed by atoms with Crippen molar-refractivity contribution < 1.29 is 0 Å². The molecule has 0 N–H and O–H groups in total. The van der Waals surface area contributed by atoms with Crippen LogP contribution in [0.4, 0.5) is 5.69 Å². The quantitative estimate of drug-likeness (QED) is 0.699. The molecule has 0 amide bonds. The summed E-state index contributed by atoms with van der Waals surface area (Å²) >= 11 is 0. The maximum atomic E-state index is 4.06. The fraction of sp³-hybridized carbons (Fsp3) is 0.273. The molecule has 78 valence electrons. The van der Waals surface area contributed by atoms with E-state index in [1.54, 1.807) is 11.0 Å². The molecule has 0 fully saturated rings. The monoisotopic (exact) mass is 201 g/mol. The predicted molar refractivity (Wildman–Crippen MR) is 58.7 cm³/mol. The number of hydrogen-bond acceptors (Lipinski definition) is 3. The van der Waals surface area contributed by atoms with Crippen LogP contribution in [0.25, 0.3) is 0 Å². The third-order valence-electron chi connectivity index (χ3n) is 2.12. The molecular formula is C11H13N4-. The molecule has 4 heteroatoms. The van der Waals surface area contributed by atoms with Crippen LogP contribution in [-0.2, 0) is 6.54 Å². The van der Waals surface area contributed by atoms with Crippen molar-refractivity contribution in [3.63, 3.8) is 0 Å². The number of rotatable bonds is 3. The molecule has 0 atom stereocenters. The standard InChI is InChI=1S/C11H13N4/c1-14(2)11-5-3-4-10(6-11)7-15-9-12-8-13-15/h3-5,8-9H,7H2,1-2H3/q-1. The molecule has 2 rings (SSSR count). The Bertz CT molecular complexity index is 420. The van der Waals surface area contributed by atoms with E-state index < -0.39 is 0 Å². The average molecular weight is 201 g/mol. The van der Waals surface area contributed by atoms with Crippen LogP contribution in [0.15, 0.2) is 30.9 Å². The van der Waals surface area contributed by atoms with Gasteiger partial charge in [0.15, 0.2) is 0 Å². The highest BCUT2D eigenvalue weighted by atomic mass is 15.3. The van der Waals surface area contributed by atoms with Crippen LogP contribution in [0.1, 0.15) is 5.56 Å². The van der Waals surface area contributed by atoms with Crippen molar-refractivity contribution in [3.8, 4) is 0 Å². The summed E-state index contributed by atoms with van der Waals surface area (Å²) in [5.74, 6) is 0. The van der Waals surface area contributed by atoms with Gasteiger partial charge in [0.05, 0.1) is 0 Å². The van der Waals surface area contributed by atoms with Gasteiger partial charge in [-0.3, -0.25) is 4.68 Å². The predicted octanol–water partition coefficient (Wildman–Crippen LogP) is 1.19. The molecule has 0 saturated carbocycles. The SMILES string of the molecule is CN(C)c1[c-]c(Cn2cncn2)ccc1. The summed E-state index contributed by atoms with van der Waals surface area (Å²) in [6, 6.07) is 9.41. The van der Waals surface area contributed by atoms with Gasteiger partial charge in [-0.15, -0.1) is 11.6 Å². The normalized spacial score (nSPS) is 10.3. The van der Waals surface area contributed by atoms with Gasteiger partial charge < -0.3 is 4.90 Å². The van der Waals surface area contributed by atoms with Gasteiger partial charge in [0.1, 0.15) is 12.7 Å². The van der Waals surface area contributed by atoms with Gasteiger partial charge in [-0.05, 0) is 0 Å². The fourth-order valence-electron chi connectivity index (χ4n) is 1.35. The molecule has 0 spiro atoms. The lowest BCUT2D eigenvalue weighted by Crippen LogP contribution is -2.09. The Morgan fingerprint density at radius 3 is 2.93 bits per heavy atom. The molecule has 0 bridgehead atoms. The van der Waals surface area contributed by atoms with Gasteiger partial charge in [0, 0.05) is 20.6 Å². The highest BCUT2D eigenvalue weighted by molar-refractivity contribution is 5.45. The number of benzene rings is 1. The van der Waals surface area contributed by atoms with Crippen LogP contribution in [0, 0.1) is 6.07 Å². The second-order valence-corrected chi connectivity index (χ2v) is 3.55. The zero-order chi connectivity index (χ0) is 10.7. The third kappa shape index (κ3) is 2.34. The maximum Gasteiger partial charge on any atom is 0.137 e. The molecule has 0 aliphatic rings. The average Bonchev–Trinajstić information content (AvgIpc) is 2.71. The van der Waals surface area contributed by atoms with Crippen molar-refractivity contribution in [1.29, 1.82) is 0 Å². The Hall–Kier alpha value is -1.84. The van der Waals surface area contributed by atoms with Gasteiger partial charge in [0.25, 0.3) is 0 Å². The van der Waals surface area contributed by atoms with E-state index in [0.717, 1.165) is 11.3 Å². The lowest BCUT2D eigenvalue weighted by Gasteiger charge is -2.19. The summed E-state index contributed by atoms with van der Waals surface area (Å²) in [5.41, 5.74) is 2.18. The van der Waals surface area contributed by atoms with Gasteiger partial charge >= 0.3 is 0 Å². The summed E-state index contributed by atoms with van der Waals surface area (Å²) in [6.45, 7) is 0.710. The van der Waals surface area contributed by atoms with Crippen molar-refractivity contribution in [3.05, 3.63) is 42.5 Å². The zero-order valence-corrected chi connectivity index (χ0v) is 8.88. The minimum absolute atomic E-state index is 0.710. The van der Waals surface area contributed by atoms with Crippen LogP contribution in [-0.4, -0.2) is 28.9 Å². The molecule has 1 aromatic carbocycles. The highest BCUT2D eigenvalue weighted by Crippen LogP contribution is 2.12. The van der Waals surface area contributed by atoms with E-state index in [-0.39, 0.29) is 0 Å². The van der Waals surface area contributed by atoms with E-state index in [0.29, 0.717) is 6.54 Å². The first-order valence-corrected chi connectivity index (χ1v) is 4.76. The minimum atomic E-state index is 0.710. The second kappa shape index (κ2) is 4.13. The molecule has 1 heterocycles. The first-order chi connectivity index (χ1) is 7.25. The molecule has 0 aliphatic heterocycles. The van der Waals surface area contributed by atoms with Crippen LogP contribution in [0.3, 0.4) is 0 Å². The number of anilines is 1. The Balaban J connectivity index is 2.18. The van der Waals surface area contributed by atoms with Crippen LogP contribution in [0.5, 0.6) is 0 Å². The van der Waals surface area contributed by atoms with Crippen molar-refractivity contribution in [2.24, 2.45) is 0 Å². The maximum absolute atomic E-state index is 4.06. The van der Waals surface area contributed by atoms with E-state index in [1.807, 2.05) is 37.2 Å². The molecule has 0 radical (unpaired) electrons. The van der Waals surface area contributed by atoms with E-state index in [1.165, 1.54) is 6.33 Å². The number of aromatic nitrogens is 3. The van der Waals surface area contributed by atoms with Gasteiger partial charge in [0.2, 0.25) is 0 Å². The number of hydrogen-bond donors (Lipinski definition) is 0.